The first kappa shape index (κ1) is 10.4. The molecule has 0 aliphatic rings. The van der Waals surface area contributed by atoms with E-state index in [2.05, 4.69) is 10.2 Å². The highest BCUT2D eigenvalue weighted by molar-refractivity contribution is 7.13. The van der Waals surface area contributed by atoms with Gasteiger partial charge in [-0.2, -0.15) is 0 Å². The van der Waals surface area contributed by atoms with E-state index >= 15 is 0 Å². The molecule has 0 spiro atoms. The molecule has 0 amide bonds. The molecule has 0 aliphatic carbocycles. The molecule has 1 aromatic heterocycles. The van der Waals surface area contributed by atoms with Gasteiger partial charge in [0.2, 0.25) is 0 Å². The van der Waals surface area contributed by atoms with Crippen molar-refractivity contribution in [3.8, 4) is 5.19 Å². The Bertz CT molecular complexity index is 252. The Balaban J connectivity index is 2.28. The van der Waals surface area contributed by atoms with E-state index < -0.39 is 0 Å². The monoisotopic (exact) mass is 203 g/mol. The van der Waals surface area contributed by atoms with Gasteiger partial charge in [0.15, 0.2) is 0 Å². The first-order valence-electron chi connectivity index (χ1n) is 3.93. The molecule has 6 heteroatoms. The SMILES string of the molecule is CN(C)CCOc1nnc(CO)s1. The van der Waals surface area contributed by atoms with Crippen LogP contribution in [0, 0.1) is 0 Å². The van der Waals surface area contributed by atoms with Crippen LogP contribution < -0.4 is 4.74 Å². The fraction of sp³-hybridized carbons (Fsp3) is 0.714. The lowest BCUT2D eigenvalue weighted by Crippen LogP contribution is -2.19. The maximum atomic E-state index is 8.71. The molecular weight excluding hydrogens is 190 g/mol. The van der Waals surface area contributed by atoms with Crippen LogP contribution in [0.1, 0.15) is 5.01 Å². The summed E-state index contributed by atoms with van der Waals surface area (Å²) in [6, 6.07) is 0. The number of ether oxygens (including phenoxy) is 1. The summed E-state index contributed by atoms with van der Waals surface area (Å²) < 4.78 is 5.29. The largest absolute Gasteiger partial charge is 0.468 e. The lowest BCUT2D eigenvalue weighted by Gasteiger charge is -2.08. The van der Waals surface area contributed by atoms with Gasteiger partial charge >= 0.3 is 0 Å². The van der Waals surface area contributed by atoms with Crippen LogP contribution in [0.5, 0.6) is 5.19 Å². The van der Waals surface area contributed by atoms with Gasteiger partial charge in [-0.3, -0.25) is 0 Å². The predicted octanol–water partition coefficient (Wildman–Crippen LogP) is -0.0292. The summed E-state index contributed by atoms with van der Waals surface area (Å²) in [6.07, 6.45) is 0. The van der Waals surface area contributed by atoms with Crippen molar-refractivity contribution in [2.24, 2.45) is 0 Å². The summed E-state index contributed by atoms with van der Waals surface area (Å²) in [4.78, 5) is 2.02. The Morgan fingerprint density at radius 1 is 1.46 bits per heavy atom. The molecule has 0 aliphatic heterocycles. The van der Waals surface area contributed by atoms with Crippen LogP contribution in [0.4, 0.5) is 0 Å². The average molecular weight is 203 g/mol. The smallest absolute Gasteiger partial charge is 0.294 e. The highest BCUT2D eigenvalue weighted by atomic mass is 32.1. The zero-order valence-corrected chi connectivity index (χ0v) is 8.54. The molecule has 0 saturated carbocycles. The normalized spacial score (nSPS) is 10.8. The van der Waals surface area contributed by atoms with Crippen molar-refractivity contribution in [2.45, 2.75) is 6.61 Å². The topological polar surface area (TPSA) is 58.5 Å². The molecule has 1 aromatic rings. The van der Waals surface area contributed by atoms with Crippen molar-refractivity contribution in [3.63, 3.8) is 0 Å². The number of aliphatic hydroxyl groups is 1. The van der Waals surface area contributed by atoms with Crippen molar-refractivity contribution < 1.29 is 9.84 Å². The molecule has 1 N–H and O–H groups in total. The fourth-order valence-corrected chi connectivity index (χ4v) is 1.25. The molecule has 74 valence electrons. The van der Waals surface area contributed by atoms with Crippen molar-refractivity contribution in [3.05, 3.63) is 5.01 Å². The van der Waals surface area contributed by atoms with Crippen LogP contribution in [0.2, 0.25) is 0 Å². The minimum absolute atomic E-state index is 0.0747. The van der Waals surface area contributed by atoms with E-state index in [0.717, 1.165) is 6.54 Å². The van der Waals surface area contributed by atoms with E-state index in [1.54, 1.807) is 0 Å². The zero-order valence-electron chi connectivity index (χ0n) is 7.73. The van der Waals surface area contributed by atoms with Gasteiger partial charge in [-0.25, -0.2) is 0 Å². The highest BCUT2D eigenvalue weighted by Gasteiger charge is 2.03. The molecule has 0 unspecified atom stereocenters. The Hall–Kier alpha value is -0.720. The maximum Gasteiger partial charge on any atom is 0.294 e. The van der Waals surface area contributed by atoms with Crippen LogP contribution in [0.3, 0.4) is 0 Å². The third-order valence-corrected chi connectivity index (χ3v) is 2.17. The van der Waals surface area contributed by atoms with Gasteiger partial charge in [0.25, 0.3) is 5.19 Å². The summed E-state index contributed by atoms with van der Waals surface area (Å²) in [6.45, 7) is 1.36. The van der Waals surface area contributed by atoms with Gasteiger partial charge in [0.05, 0.1) is 6.61 Å². The number of aliphatic hydroxyl groups excluding tert-OH is 1. The molecule has 0 atom stereocenters. The van der Waals surface area contributed by atoms with Crippen molar-refractivity contribution in [1.29, 1.82) is 0 Å². The standard InChI is InChI=1S/C7H13N3O2S/c1-10(2)3-4-12-7-9-8-6(5-11)13-7/h11H,3-5H2,1-2H3. The average Bonchev–Trinajstić information content (AvgIpc) is 2.52. The van der Waals surface area contributed by atoms with Crippen LogP contribution in [-0.4, -0.2) is 47.5 Å². The van der Waals surface area contributed by atoms with Gasteiger partial charge < -0.3 is 14.7 Å². The molecular formula is C7H13N3O2S. The minimum atomic E-state index is -0.0747. The number of aromatic nitrogens is 2. The summed E-state index contributed by atoms with van der Waals surface area (Å²) in [5.41, 5.74) is 0. The lowest BCUT2D eigenvalue weighted by molar-refractivity contribution is 0.258. The van der Waals surface area contributed by atoms with Crippen molar-refractivity contribution in [1.82, 2.24) is 15.1 Å². The number of rotatable bonds is 5. The molecule has 0 fully saturated rings. The quantitative estimate of drug-likeness (QED) is 0.728. The van der Waals surface area contributed by atoms with E-state index in [9.17, 15) is 0 Å². The van der Waals surface area contributed by atoms with E-state index in [1.807, 2.05) is 19.0 Å². The fourth-order valence-electron chi connectivity index (χ4n) is 0.676. The van der Waals surface area contributed by atoms with Crippen LogP contribution in [-0.2, 0) is 6.61 Å². The van der Waals surface area contributed by atoms with Gasteiger partial charge in [-0.1, -0.05) is 16.4 Å². The summed E-state index contributed by atoms with van der Waals surface area (Å²) in [5, 5.41) is 17.3. The second-order valence-electron chi connectivity index (χ2n) is 2.77. The lowest BCUT2D eigenvalue weighted by atomic mass is 10.6. The predicted molar refractivity (Wildman–Crippen MR) is 49.9 cm³/mol. The molecule has 1 heterocycles. The molecule has 0 radical (unpaired) electrons. The number of hydrogen-bond acceptors (Lipinski definition) is 6. The van der Waals surface area contributed by atoms with E-state index in [1.165, 1.54) is 11.3 Å². The molecule has 5 nitrogen and oxygen atoms in total. The number of hydrogen-bond donors (Lipinski definition) is 1. The highest BCUT2D eigenvalue weighted by Crippen LogP contribution is 2.16. The van der Waals surface area contributed by atoms with E-state index in [4.69, 9.17) is 9.84 Å². The van der Waals surface area contributed by atoms with Gasteiger partial charge in [-0.15, -0.1) is 5.10 Å². The van der Waals surface area contributed by atoms with E-state index in [0.29, 0.717) is 16.8 Å². The molecule has 1 rings (SSSR count). The van der Waals surface area contributed by atoms with E-state index in [-0.39, 0.29) is 6.61 Å². The molecule has 0 aromatic carbocycles. The first-order valence-corrected chi connectivity index (χ1v) is 4.75. The summed E-state index contributed by atoms with van der Waals surface area (Å²) >= 11 is 1.27. The third kappa shape index (κ3) is 3.67. The Labute approximate surface area is 81.0 Å². The van der Waals surface area contributed by atoms with Crippen LogP contribution in [0.25, 0.3) is 0 Å². The van der Waals surface area contributed by atoms with Crippen molar-refractivity contribution >= 4 is 11.3 Å². The van der Waals surface area contributed by atoms with Gasteiger partial charge in [0, 0.05) is 6.54 Å². The van der Waals surface area contributed by atoms with Crippen LogP contribution in [0.15, 0.2) is 0 Å². The van der Waals surface area contributed by atoms with Crippen LogP contribution >= 0.6 is 11.3 Å². The number of nitrogens with zero attached hydrogens (tertiary/aromatic N) is 3. The molecule has 13 heavy (non-hydrogen) atoms. The third-order valence-electron chi connectivity index (χ3n) is 1.35. The first-order chi connectivity index (χ1) is 6.22. The minimum Gasteiger partial charge on any atom is -0.468 e. The second kappa shape index (κ2) is 5.11. The van der Waals surface area contributed by atoms with Gasteiger partial charge in [0.1, 0.15) is 11.6 Å². The maximum absolute atomic E-state index is 8.71. The molecule has 0 saturated heterocycles. The number of likely N-dealkylation sites (N-methyl/N-ethyl adjacent to an activating group) is 1. The zero-order chi connectivity index (χ0) is 9.68. The van der Waals surface area contributed by atoms with Crippen molar-refractivity contribution in [2.75, 3.05) is 27.2 Å². The Morgan fingerprint density at radius 3 is 2.77 bits per heavy atom. The van der Waals surface area contributed by atoms with Gasteiger partial charge in [-0.05, 0) is 14.1 Å². The summed E-state index contributed by atoms with van der Waals surface area (Å²) in [5.74, 6) is 0. The Morgan fingerprint density at radius 2 is 2.23 bits per heavy atom. The Kier molecular flexibility index (Phi) is 4.07. The molecule has 0 bridgehead atoms. The summed E-state index contributed by atoms with van der Waals surface area (Å²) in [7, 11) is 3.95. The second-order valence-corrected chi connectivity index (χ2v) is 3.80.